The zero-order chi connectivity index (χ0) is 13.6. The number of nitrogens with zero attached hydrogens (tertiary/aromatic N) is 1. The molecule has 1 heterocycles. The molecule has 0 spiro atoms. The summed E-state index contributed by atoms with van der Waals surface area (Å²) in [5.74, 6) is 1.59. The number of rotatable bonds is 1. The largest absolute Gasteiger partial charge is 0.398 e. The highest BCUT2D eigenvalue weighted by atomic mass is 16.2. The first-order chi connectivity index (χ1) is 9.15. The minimum absolute atomic E-state index is 0.0299. The summed E-state index contributed by atoms with van der Waals surface area (Å²) in [4.78, 5) is 25.6. The van der Waals surface area contributed by atoms with Gasteiger partial charge in [-0.2, -0.15) is 0 Å². The van der Waals surface area contributed by atoms with E-state index >= 15 is 0 Å². The zero-order valence-electron chi connectivity index (χ0n) is 10.0. The first kappa shape index (κ1) is 11.3. The minimum Gasteiger partial charge on any atom is -0.398 e. The Morgan fingerprint density at radius 1 is 1.11 bits per heavy atom. The predicted molar refractivity (Wildman–Crippen MR) is 72.6 cm³/mol. The van der Waals surface area contributed by atoms with Crippen LogP contribution in [0.4, 0.5) is 5.69 Å². The van der Waals surface area contributed by atoms with Gasteiger partial charge in [-0.1, -0.05) is 18.1 Å². The van der Waals surface area contributed by atoms with Gasteiger partial charge in [0.25, 0.3) is 11.8 Å². The van der Waals surface area contributed by atoms with Gasteiger partial charge in [0, 0.05) is 27.6 Å². The molecule has 2 amide bonds. The topological polar surface area (TPSA) is 63.4 Å². The lowest BCUT2D eigenvalue weighted by molar-refractivity contribution is 0.0632. The Labute approximate surface area is 109 Å². The van der Waals surface area contributed by atoms with Crippen molar-refractivity contribution in [3.05, 3.63) is 41.5 Å². The molecule has 3 rings (SSSR count). The fourth-order valence-corrected chi connectivity index (χ4v) is 2.40. The summed E-state index contributed by atoms with van der Waals surface area (Å²) in [6, 6.07) is 8.54. The number of hydrogen-bond donors (Lipinski definition) is 1. The highest BCUT2D eigenvalue weighted by molar-refractivity contribution is 6.26. The van der Waals surface area contributed by atoms with Crippen LogP contribution >= 0.6 is 0 Å². The molecule has 2 aromatic carbocycles. The maximum atomic E-state index is 12.3. The Hall–Kier alpha value is -2.80. The fourth-order valence-electron chi connectivity index (χ4n) is 2.40. The number of imide groups is 1. The fraction of sp³-hybridized carbons (Fsp3) is 0.0667. The quantitative estimate of drug-likeness (QED) is 0.475. The van der Waals surface area contributed by atoms with Gasteiger partial charge in [-0.15, -0.1) is 6.42 Å². The molecule has 0 fully saturated rings. The number of anilines is 1. The van der Waals surface area contributed by atoms with Crippen molar-refractivity contribution >= 4 is 28.3 Å². The third-order valence-electron chi connectivity index (χ3n) is 3.27. The Kier molecular flexibility index (Phi) is 2.29. The number of benzene rings is 2. The smallest absolute Gasteiger partial charge is 0.262 e. The molecule has 0 radical (unpaired) electrons. The van der Waals surface area contributed by atoms with Crippen molar-refractivity contribution < 1.29 is 9.59 Å². The van der Waals surface area contributed by atoms with E-state index in [0.29, 0.717) is 22.2 Å². The lowest BCUT2D eigenvalue weighted by Gasteiger charge is -2.25. The lowest BCUT2D eigenvalue weighted by Crippen LogP contribution is -2.40. The van der Waals surface area contributed by atoms with Crippen molar-refractivity contribution in [3.8, 4) is 12.3 Å². The van der Waals surface area contributed by atoms with Gasteiger partial charge in [-0.25, -0.2) is 0 Å². The Morgan fingerprint density at radius 3 is 2.47 bits per heavy atom. The number of amides is 2. The summed E-state index contributed by atoms with van der Waals surface area (Å²) < 4.78 is 0. The van der Waals surface area contributed by atoms with Crippen molar-refractivity contribution in [2.45, 2.75) is 0 Å². The summed E-state index contributed by atoms with van der Waals surface area (Å²) in [6.45, 7) is -0.0299. The number of nitrogens with two attached hydrogens (primary N) is 1. The Bertz CT molecular complexity index is 749. The van der Waals surface area contributed by atoms with Crippen LogP contribution in [0.1, 0.15) is 20.7 Å². The van der Waals surface area contributed by atoms with Crippen molar-refractivity contribution in [1.82, 2.24) is 4.90 Å². The zero-order valence-corrected chi connectivity index (χ0v) is 10.0. The van der Waals surface area contributed by atoms with E-state index in [1.54, 1.807) is 30.3 Å². The molecule has 0 unspecified atom stereocenters. The second-order valence-electron chi connectivity index (χ2n) is 4.33. The van der Waals surface area contributed by atoms with Crippen LogP contribution in [-0.2, 0) is 0 Å². The number of carbonyl (C=O) groups is 2. The maximum absolute atomic E-state index is 12.3. The predicted octanol–water partition coefficient (Wildman–Crippen LogP) is 1.65. The number of carbonyl (C=O) groups excluding carboxylic acids is 2. The van der Waals surface area contributed by atoms with E-state index in [1.165, 1.54) is 0 Å². The Balaban J connectivity index is 2.39. The summed E-state index contributed by atoms with van der Waals surface area (Å²) in [5, 5.41) is 1.34. The molecule has 4 heteroatoms. The third-order valence-corrected chi connectivity index (χ3v) is 3.27. The van der Waals surface area contributed by atoms with E-state index in [9.17, 15) is 9.59 Å². The number of hydrogen-bond acceptors (Lipinski definition) is 3. The molecule has 0 aliphatic carbocycles. The van der Waals surface area contributed by atoms with Crippen LogP contribution in [0.25, 0.3) is 10.8 Å². The summed E-state index contributed by atoms with van der Waals surface area (Å²) in [5.41, 5.74) is 7.37. The van der Waals surface area contributed by atoms with Crippen molar-refractivity contribution in [1.29, 1.82) is 0 Å². The van der Waals surface area contributed by atoms with E-state index in [2.05, 4.69) is 5.92 Å². The van der Waals surface area contributed by atoms with E-state index < -0.39 is 0 Å². The second kappa shape index (κ2) is 3.85. The molecule has 0 aromatic heterocycles. The molecule has 1 aliphatic rings. The van der Waals surface area contributed by atoms with Gasteiger partial charge >= 0.3 is 0 Å². The molecule has 2 aromatic rings. The van der Waals surface area contributed by atoms with Gasteiger partial charge in [0.15, 0.2) is 0 Å². The molecule has 0 saturated heterocycles. The van der Waals surface area contributed by atoms with Crippen LogP contribution in [0.3, 0.4) is 0 Å². The van der Waals surface area contributed by atoms with Crippen LogP contribution in [-0.4, -0.2) is 23.3 Å². The molecule has 4 nitrogen and oxygen atoms in total. The lowest BCUT2D eigenvalue weighted by atomic mass is 9.93. The molecule has 2 N–H and O–H groups in total. The van der Waals surface area contributed by atoms with Gasteiger partial charge < -0.3 is 5.73 Å². The van der Waals surface area contributed by atoms with Crippen LogP contribution in [0.15, 0.2) is 30.3 Å². The first-order valence-electron chi connectivity index (χ1n) is 5.76. The summed E-state index contributed by atoms with van der Waals surface area (Å²) in [6.07, 6.45) is 5.21. The standard InChI is InChI=1S/C15H10N2O2/c1-2-8-17-14(18)10-5-3-4-9-12(16)7-6-11(13(9)10)15(17)19/h1,3-7H,8,16H2. The van der Waals surface area contributed by atoms with Gasteiger partial charge in [0.05, 0.1) is 6.54 Å². The van der Waals surface area contributed by atoms with Gasteiger partial charge in [0.2, 0.25) is 0 Å². The Morgan fingerprint density at radius 2 is 1.79 bits per heavy atom. The molecule has 0 bridgehead atoms. The van der Waals surface area contributed by atoms with Crippen molar-refractivity contribution in [3.63, 3.8) is 0 Å². The highest BCUT2D eigenvalue weighted by Gasteiger charge is 2.32. The SMILES string of the molecule is C#CCN1C(=O)c2cccc3c(N)ccc(c23)C1=O. The second-order valence-corrected chi connectivity index (χ2v) is 4.33. The van der Waals surface area contributed by atoms with Gasteiger partial charge in [0.1, 0.15) is 0 Å². The normalized spacial score (nSPS) is 13.7. The maximum Gasteiger partial charge on any atom is 0.262 e. The average molecular weight is 250 g/mol. The number of nitrogen functional groups attached to an aromatic ring is 1. The van der Waals surface area contributed by atoms with E-state index in [4.69, 9.17) is 12.2 Å². The van der Waals surface area contributed by atoms with Crippen LogP contribution in [0.5, 0.6) is 0 Å². The molecular weight excluding hydrogens is 240 g/mol. The van der Waals surface area contributed by atoms with E-state index in [0.717, 1.165) is 10.3 Å². The highest BCUT2D eigenvalue weighted by Crippen LogP contribution is 2.32. The summed E-state index contributed by atoms with van der Waals surface area (Å²) >= 11 is 0. The van der Waals surface area contributed by atoms with Crippen LogP contribution in [0, 0.1) is 12.3 Å². The molecule has 19 heavy (non-hydrogen) atoms. The average Bonchev–Trinajstić information content (AvgIpc) is 2.42. The molecular formula is C15H10N2O2. The third kappa shape index (κ3) is 1.42. The number of terminal acetylenes is 1. The minimum atomic E-state index is -0.369. The van der Waals surface area contributed by atoms with E-state index in [1.807, 2.05) is 0 Å². The molecule has 1 aliphatic heterocycles. The van der Waals surface area contributed by atoms with Crippen LogP contribution in [0.2, 0.25) is 0 Å². The monoisotopic (exact) mass is 250 g/mol. The molecule has 0 atom stereocenters. The molecule has 0 saturated carbocycles. The van der Waals surface area contributed by atoms with Gasteiger partial charge in [-0.3, -0.25) is 14.5 Å². The van der Waals surface area contributed by atoms with Crippen LogP contribution < -0.4 is 5.73 Å². The van der Waals surface area contributed by atoms with Gasteiger partial charge in [-0.05, 0) is 18.2 Å². The van der Waals surface area contributed by atoms with Crippen molar-refractivity contribution in [2.24, 2.45) is 0 Å². The first-order valence-corrected chi connectivity index (χ1v) is 5.76. The van der Waals surface area contributed by atoms with Crippen molar-refractivity contribution in [2.75, 3.05) is 12.3 Å². The summed E-state index contributed by atoms with van der Waals surface area (Å²) in [7, 11) is 0. The molecule has 92 valence electrons. The van der Waals surface area contributed by atoms with E-state index in [-0.39, 0.29) is 18.4 Å².